The number of carbonyl (C=O) groups excluding carboxylic acids is 1. The van der Waals surface area contributed by atoms with Crippen molar-refractivity contribution in [2.24, 2.45) is 0 Å². The summed E-state index contributed by atoms with van der Waals surface area (Å²) in [6, 6.07) is 3.07. The zero-order valence-electron chi connectivity index (χ0n) is 15.4. The van der Waals surface area contributed by atoms with E-state index in [1.165, 1.54) is 6.07 Å². The van der Waals surface area contributed by atoms with Crippen LogP contribution in [0.5, 0.6) is 5.75 Å². The van der Waals surface area contributed by atoms with Crippen LogP contribution >= 0.6 is 0 Å². The second-order valence-corrected chi connectivity index (χ2v) is 6.72. The summed E-state index contributed by atoms with van der Waals surface area (Å²) in [5, 5.41) is 3.92. The van der Waals surface area contributed by atoms with E-state index in [1.54, 1.807) is 13.0 Å². The van der Waals surface area contributed by atoms with Gasteiger partial charge in [0.1, 0.15) is 23.4 Å². The Morgan fingerprint density at radius 1 is 1.27 bits per heavy atom. The van der Waals surface area contributed by atoms with Crippen LogP contribution in [0, 0.1) is 20.8 Å². The van der Waals surface area contributed by atoms with E-state index in [1.807, 2.05) is 18.7 Å². The van der Waals surface area contributed by atoms with E-state index in [2.05, 4.69) is 5.16 Å². The molecule has 1 fully saturated rings. The highest BCUT2D eigenvalue weighted by Crippen LogP contribution is 2.20. The molecule has 3 heterocycles. The Morgan fingerprint density at radius 3 is 2.62 bits per heavy atom. The summed E-state index contributed by atoms with van der Waals surface area (Å²) in [6.45, 7) is 6.80. The molecule has 0 spiro atoms. The van der Waals surface area contributed by atoms with E-state index < -0.39 is 5.63 Å². The number of likely N-dealkylation sites (tertiary alicyclic amines) is 1. The summed E-state index contributed by atoms with van der Waals surface area (Å²) in [5.74, 6) is 1.98. The normalized spacial score (nSPS) is 15.3. The fourth-order valence-corrected chi connectivity index (χ4v) is 3.31. The summed E-state index contributed by atoms with van der Waals surface area (Å²) in [7, 11) is 0. The van der Waals surface area contributed by atoms with Crippen LogP contribution in [0.15, 0.2) is 25.9 Å². The lowest BCUT2D eigenvalue weighted by atomic mass is 10.0. The van der Waals surface area contributed by atoms with E-state index in [0.29, 0.717) is 37.4 Å². The van der Waals surface area contributed by atoms with Gasteiger partial charge in [-0.3, -0.25) is 4.79 Å². The molecular weight excluding hydrogens is 336 g/mol. The summed E-state index contributed by atoms with van der Waals surface area (Å²) in [5.41, 5.74) is 1.46. The van der Waals surface area contributed by atoms with Gasteiger partial charge in [0.2, 0.25) is 5.91 Å². The number of nitrogens with zero attached hydrogens (tertiary/aromatic N) is 2. The first-order valence-corrected chi connectivity index (χ1v) is 8.90. The van der Waals surface area contributed by atoms with Crippen LogP contribution < -0.4 is 10.4 Å². The second kappa shape index (κ2) is 7.76. The molecule has 140 valence electrons. The summed E-state index contributed by atoms with van der Waals surface area (Å²) in [6.07, 6.45) is 2.60. The lowest BCUT2D eigenvalue weighted by molar-refractivity contribution is -0.132. The van der Waals surface area contributed by atoms with Crippen molar-refractivity contribution in [2.45, 2.75) is 52.6 Å². The highest BCUT2D eigenvalue weighted by atomic mass is 16.5. The number of aryl methyl sites for hydroxylation is 3. The van der Waals surface area contributed by atoms with E-state index in [0.717, 1.165) is 29.9 Å². The van der Waals surface area contributed by atoms with Crippen molar-refractivity contribution in [1.82, 2.24) is 10.1 Å². The van der Waals surface area contributed by atoms with Crippen molar-refractivity contribution in [3.63, 3.8) is 0 Å². The van der Waals surface area contributed by atoms with Crippen molar-refractivity contribution >= 4 is 5.91 Å². The average Bonchev–Trinajstić information content (AvgIpc) is 2.91. The maximum Gasteiger partial charge on any atom is 0.339 e. The molecular formula is C19H24N2O5. The van der Waals surface area contributed by atoms with Crippen LogP contribution in [0.4, 0.5) is 0 Å². The van der Waals surface area contributed by atoms with Crippen LogP contribution in [0.25, 0.3) is 0 Å². The third kappa shape index (κ3) is 4.33. The minimum Gasteiger partial charge on any atom is -0.490 e. The van der Waals surface area contributed by atoms with Crippen LogP contribution in [0.3, 0.4) is 0 Å². The zero-order valence-corrected chi connectivity index (χ0v) is 15.4. The topological polar surface area (TPSA) is 85.8 Å². The highest BCUT2D eigenvalue weighted by Gasteiger charge is 2.24. The van der Waals surface area contributed by atoms with Gasteiger partial charge in [-0.05, 0) is 27.2 Å². The molecule has 3 rings (SSSR count). The average molecular weight is 360 g/mol. The van der Waals surface area contributed by atoms with Gasteiger partial charge in [0.25, 0.3) is 0 Å². The standard InChI is InChI=1S/C19H24N2O5/c1-12-10-16(11-19(23)24-12)25-15-6-8-21(9-7-15)18(22)5-4-17-13(2)20-26-14(17)3/h10-11,15H,4-9H2,1-3H3. The molecule has 1 amide bonds. The van der Waals surface area contributed by atoms with Gasteiger partial charge in [0, 0.05) is 44.0 Å². The number of hydrogen-bond acceptors (Lipinski definition) is 6. The zero-order chi connectivity index (χ0) is 18.7. The first-order valence-electron chi connectivity index (χ1n) is 8.90. The lowest BCUT2D eigenvalue weighted by Crippen LogP contribution is -2.41. The Kier molecular flexibility index (Phi) is 5.44. The minimum atomic E-state index is -0.410. The smallest absolute Gasteiger partial charge is 0.339 e. The van der Waals surface area contributed by atoms with E-state index >= 15 is 0 Å². The Bertz CT molecular complexity index is 811. The fourth-order valence-electron chi connectivity index (χ4n) is 3.31. The number of hydrogen-bond donors (Lipinski definition) is 0. The maximum atomic E-state index is 12.5. The number of ether oxygens (including phenoxy) is 1. The Hall–Kier alpha value is -2.57. The second-order valence-electron chi connectivity index (χ2n) is 6.72. The van der Waals surface area contributed by atoms with E-state index in [-0.39, 0.29) is 12.0 Å². The third-order valence-electron chi connectivity index (χ3n) is 4.73. The Balaban J connectivity index is 1.48. The van der Waals surface area contributed by atoms with Crippen LogP contribution in [-0.2, 0) is 11.2 Å². The molecule has 0 saturated carbocycles. The van der Waals surface area contributed by atoms with Crippen molar-refractivity contribution in [1.29, 1.82) is 0 Å². The summed E-state index contributed by atoms with van der Waals surface area (Å²) in [4.78, 5) is 25.7. The van der Waals surface area contributed by atoms with Gasteiger partial charge in [-0.25, -0.2) is 4.79 Å². The molecule has 7 nitrogen and oxygen atoms in total. The lowest BCUT2D eigenvalue weighted by Gasteiger charge is -2.32. The monoisotopic (exact) mass is 360 g/mol. The molecule has 0 unspecified atom stereocenters. The fraction of sp³-hybridized carbons (Fsp3) is 0.526. The maximum absolute atomic E-state index is 12.5. The summed E-state index contributed by atoms with van der Waals surface area (Å²) >= 11 is 0. The van der Waals surface area contributed by atoms with E-state index in [9.17, 15) is 9.59 Å². The number of carbonyl (C=O) groups is 1. The molecule has 2 aromatic rings. The highest BCUT2D eigenvalue weighted by molar-refractivity contribution is 5.76. The molecule has 0 aromatic carbocycles. The molecule has 7 heteroatoms. The molecule has 2 aromatic heterocycles. The predicted octanol–water partition coefficient (Wildman–Crippen LogP) is 2.56. The number of aromatic nitrogens is 1. The molecule has 0 bridgehead atoms. The van der Waals surface area contributed by atoms with Gasteiger partial charge in [0.05, 0.1) is 11.8 Å². The molecule has 0 N–H and O–H groups in total. The van der Waals surface area contributed by atoms with Gasteiger partial charge in [-0.2, -0.15) is 0 Å². The first-order chi connectivity index (χ1) is 12.4. The van der Waals surface area contributed by atoms with Gasteiger partial charge in [0.15, 0.2) is 0 Å². The van der Waals surface area contributed by atoms with Crippen molar-refractivity contribution in [3.8, 4) is 5.75 Å². The molecule has 0 atom stereocenters. The first kappa shape index (κ1) is 18.2. The summed E-state index contributed by atoms with van der Waals surface area (Å²) < 4.78 is 15.9. The number of amides is 1. The predicted molar refractivity (Wildman–Crippen MR) is 94.2 cm³/mol. The Morgan fingerprint density at radius 2 is 2.00 bits per heavy atom. The van der Waals surface area contributed by atoms with Gasteiger partial charge >= 0.3 is 5.63 Å². The molecule has 0 aliphatic carbocycles. The number of rotatable bonds is 5. The molecule has 1 aliphatic rings. The van der Waals surface area contributed by atoms with Crippen molar-refractivity contribution in [3.05, 3.63) is 45.3 Å². The van der Waals surface area contributed by atoms with Gasteiger partial charge in [-0.15, -0.1) is 0 Å². The Labute approximate surface area is 151 Å². The molecule has 1 saturated heterocycles. The SMILES string of the molecule is Cc1cc(OC2CCN(C(=O)CCc3c(C)noc3C)CC2)cc(=O)o1. The van der Waals surface area contributed by atoms with Gasteiger partial charge < -0.3 is 18.6 Å². The largest absolute Gasteiger partial charge is 0.490 e. The van der Waals surface area contributed by atoms with Gasteiger partial charge in [-0.1, -0.05) is 5.16 Å². The minimum absolute atomic E-state index is 0.00260. The van der Waals surface area contributed by atoms with Crippen LogP contribution in [0.1, 0.15) is 42.0 Å². The number of piperidine rings is 1. The molecule has 26 heavy (non-hydrogen) atoms. The van der Waals surface area contributed by atoms with E-state index in [4.69, 9.17) is 13.7 Å². The molecule has 1 aliphatic heterocycles. The van der Waals surface area contributed by atoms with Crippen LogP contribution in [0.2, 0.25) is 0 Å². The van der Waals surface area contributed by atoms with Crippen molar-refractivity contribution < 1.29 is 18.5 Å². The van der Waals surface area contributed by atoms with Crippen molar-refractivity contribution in [2.75, 3.05) is 13.1 Å². The molecule has 0 radical (unpaired) electrons. The quantitative estimate of drug-likeness (QED) is 0.814. The van der Waals surface area contributed by atoms with Crippen LogP contribution in [-0.4, -0.2) is 35.2 Å². The third-order valence-corrected chi connectivity index (χ3v) is 4.73.